The minimum absolute atomic E-state index is 0.239. The van der Waals surface area contributed by atoms with Crippen molar-refractivity contribution in [1.29, 1.82) is 0 Å². The van der Waals surface area contributed by atoms with Gasteiger partial charge in [-0.2, -0.15) is 0 Å². The minimum atomic E-state index is -1.38. The summed E-state index contributed by atoms with van der Waals surface area (Å²) in [4.78, 5) is 31.0. The van der Waals surface area contributed by atoms with Gasteiger partial charge in [0, 0.05) is 41.4 Å². The van der Waals surface area contributed by atoms with E-state index in [4.69, 9.17) is 14.5 Å². The molecule has 226 valence electrons. The van der Waals surface area contributed by atoms with E-state index in [-0.39, 0.29) is 11.7 Å². The Balaban J connectivity index is 1.70. The third-order valence-electron chi connectivity index (χ3n) is 7.84. The molecule has 0 aliphatic carbocycles. The third-order valence-corrected chi connectivity index (χ3v) is 7.84. The van der Waals surface area contributed by atoms with Gasteiger partial charge in [-0.25, -0.2) is 14.2 Å². The van der Waals surface area contributed by atoms with E-state index >= 15 is 4.39 Å². The summed E-state index contributed by atoms with van der Waals surface area (Å²) >= 11 is 0. The predicted octanol–water partition coefficient (Wildman–Crippen LogP) is 6.23. The van der Waals surface area contributed by atoms with E-state index < -0.39 is 23.5 Å². The van der Waals surface area contributed by atoms with Crippen molar-refractivity contribution in [1.82, 2.24) is 14.9 Å². The van der Waals surface area contributed by atoms with Crippen LogP contribution in [0.2, 0.25) is 0 Å². The maximum absolute atomic E-state index is 15.6. The van der Waals surface area contributed by atoms with Crippen LogP contribution in [0.15, 0.2) is 42.5 Å². The van der Waals surface area contributed by atoms with Crippen molar-refractivity contribution in [3.05, 3.63) is 81.9 Å². The van der Waals surface area contributed by atoms with Gasteiger partial charge in [-0.15, -0.1) is 0 Å². The second kappa shape index (κ2) is 11.8. The molecule has 0 radical (unpaired) electrons. The lowest BCUT2D eigenvalue weighted by atomic mass is 9.86. The summed E-state index contributed by atoms with van der Waals surface area (Å²) in [5.41, 5.74) is 4.47. The van der Waals surface area contributed by atoms with Crippen molar-refractivity contribution in [2.75, 3.05) is 13.2 Å². The zero-order chi connectivity index (χ0) is 31.1. The van der Waals surface area contributed by atoms with Gasteiger partial charge in [0.15, 0.2) is 17.7 Å². The standard InChI is InChI=1S/C34H38FN3O5/c1-19-22-13-10-16-42-29(22)25(35)17-23(19)28-24-18-26(32(39)36-15-14-21-11-8-7-9-12-21)38(6)31(24)37-20(2)27(28)30(33(40)41)43-34(3,4)5/h7-9,11-12,17-18,30H,10,13-16H2,1-6H3,(H,36,39)(H,40,41)/t30-/m0/s1. The van der Waals surface area contributed by atoms with Crippen LogP contribution in [-0.2, 0) is 29.4 Å². The first-order valence-corrected chi connectivity index (χ1v) is 14.5. The molecule has 1 amide bonds. The summed E-state index contributed by atoms with van der Waals surface area (Å²) in [7, 11) is 1.75. The van der Waals surface area contributed by atoms with Crippen molar-refractivity contribution in [2.45, 2.75) is 65.6 Å². The smallest absolute Gasteiger partial charge is 0.337 e. The lowest BCUT2D eigenvalue weighted by Gasteiger charge is -2.29. The van der Waals surface area contributed by atoms with Gasteiger partial charge < -0.3 is 24.5 Å². The topological polar surface area (TPSA) is 103 Å². The molecule has 2 aromatic carbocycles. The van der Waals surface area contributed by atoms with Gasteiger partial charge in [-0.05, 0) is 82.7 Å². The average molecular weight is 588 g/mol. The quantitative estimate of drug-likeness (QED) is 0.253. The van der Waals surface area contributed by atoms with Gasteiger partial charge in [-0.1, -0.05) is 30.3 Å². The number of aryl methyl sites for hydroxylation is 2. The number of halogens is 1. The number of pyridine rings is 1. The van der Waals surface area contributed by atoms with E-state index in [9.17, 15) is 14.7 Å². The number of amides is 1. The molecule has 2 aromatic heterocycles. The fourth-order valence-electron chi connectivity index (χ4n) is 5.85. The summed E-state index contributed by atoms with van der Waals surface area (Å²) in [5.74, 6) is -1.75. The molecule has 0 unspecified atom stereocenters. The van der Waals surface area contributed by atoms with Crippen LogP contribution in [0.25, 0.3) is 22.2 Å². The number of aromatic nitrogens is 2. The first-order chi connectivity index (χ1) is 20.4. The van der Waals surface area contributed by atoms with E-state index in [0.29, 0.717) is 65.1 Å². The number of carboxylic acids is 1. The summed E-state index contributed by atoms with van der Waals surface area (Å²) in [5, 5.41) is 13.9. The van der Waals surface area contributed by atoms with Gasteiger partial charge in [0.25, 0.3) is 5.91 Å². The van der Waals surface area contributed by atoms with E-state index in [2.05, 4.69) is 5.32 Å². The molecule has 8 nitrogen and oxygen atoms in total. The van der Waals surface area contributed by atoms with Crippen LogP contribution in [0.5, 0.6) is 5.75 Å². The molecule has 9 heteroatoms. The van der Waals surface area contributed by atoms with Crippen LogP contribution in [0.4, 0.5) is 4.39 Å². The summed E-state index contributed by atoms with van der Waals surface area (Å²) in [6.07, 6.45) is 0.672. The fraction of sp³-hybridized carbons (Fsp3) is 0.382. The maximum Gasteiger partial charge on any atom is 0.337 e. The van der Waals surface area contributed by atoms with Crippen LogP contribution in [-0.4, -0.2) is 45.3 Å². The number of benzene rings is 2. The Bertz CT molecular complexity index is 1710. The molecule has 3 heterocycles. The highest BCUT2D eigenvalue weighted by atomic mass is 19.1. The monoisotopic (exact) mass is 587 g/mol. The van der Waals surface area contributed by atoms with E-state index in [1.807, 2.05) is 37.3 Å². The Hall–Kier alpha value is -4.24. The number of nitrogens with zero attached hydrogens (tertiary/aromatic N) is 2. The number of ether oxygens (including phenoxy) is 2. The molecule has 2 N–H and O–H groups in total. The summed E-state index contributed by atoms with van der Waals surface area (Å²) < 4.78 is 29.1. The highest BCUT2D eigenvalue weighted by molar-refractivity contribution is 6.04. The van der Waals surface area contributed by atoms with Crippen LogP contribution in [0.3, 0.4) is 0 Å². The summed E-state index contributed by atoms with van der Waals surface area (Å²) in [6, 6.07) is 13.0. The van der Waals surface area contributed by atoms with E-state index in [1.54, 1.807) is 45.4 Å². The van der Waals surface area contributed by atoms with E-state index in [0.717, 1.165) is 23.1 Å². The highest BCUT2D eigenvalue weighted by Gasteiger charge is 2.34. The Morgan fingerprint density at radius 1 is 1.19 bits per heavy atom. The van der Waals surface area contributed by atoms with Gasteiger partial charge in [0.05, 0.1) is 12.2 Å². The number of carbonyl (C=O) groups excluding carboxylic acids is 1. The molecule has 0 saturated carbocycles. The zero-order valence-corrected chi connectivity index (χ0v) is 25.5. The van der Waals surface area contributed by atoms with Crippen molar-refractivity contribution >= 4 is 22.9 Å². The maximum atomic E-state index is 15.6. The Morgan fingerprint density at radius 3 is 2.58 bits per heavy atom. The molecule has 1 aliphatic heterocycles. The van der Waals surface area contributed by atoms with E-state index in [1.165, 1.54) is 6.07 Å². The van der Waals surface area contributed by atoms with Gasteiger partial charge >= 0.3 is 5.97 Å². The number of rotatable bonds is 8. The molecule has 0 fully saturated rings. The molecular weight excluding hydrogens is 549 g/mol. The molecule has 5 rings (SSSR count). The predicted molar refractivity (Wildman–Crippen MR) is 163 cm³/mol. The number of nitrogens with one attached hydrogen (secondary N) is 1. The third kappa shape index (κ3) is 5.99. The molecule has 0 saturated heterocycles. The zero-order valence-electron chi connectivity index (χ0n) is 25.5. The van der Waals surface area contributed by atoms with Crippen molar-refractivity contribution in [3.8, 4) is 16.9 Å². The van der Waals surface area contributed by atoms with Crippen molar-refractivity contribution < 1.29 is 28.6 Å². The number of aliphatic carboxylic acids is 1. The lowest BCUT2D eigenvalue weighted by Crippen LogP contribution is -2.28. The number of hydrogen-bond acceptors (Lipinski definition) is 5. The minimum Gasteiger partial charge on any atom is -0.490 e. The Labute approximate surface area is 250 Å². The number of fused-ring (bicyclic) bond motifs is 2. The molecular formula is C34H38FN3O5. The number of carboxylic acid groups (broad SMARTS) is 1. The SMILES string of the molecule is Cc1nc2c(cc(C(=O)NCCc3ccccc3)n2C)c(-c2cc(F)c3c(c2C)CCCO3)c1[C@H](OC(C)(C)C)C(=O)O. The van der Waals surface area contributed by atoms with Gasteiger partial charge in [-0.3, -0.25) is 4.79 Å². The van der Waals surface area contributed by atoms with Crippen LogP contribution < -0.4 is 10.1 Å². The largest absolute Gasteiger partial charge is 0.490 e. The Morgan fingerprint density at radius 2 is 1.91 bits per heavy atom. The second-order valence-electron chi connectivity index (χ2n) is 12.0. The molecule has 0 bridgehead atoms. The van der Waals surface area contributed by atoms with Gasteiger partial charge in [0.1, 0.15) is 11.3 Å². The van der Waals surface area contributed by atoms with Gasteiger partial charge in [0.2, 0.25) is 0 Å². The molecule has 43 heavy (non-hydrogen) atoms. The lowest BCUT2D eigenvalue weighted by molar-refractivity contribution is -0.160. The number of carbonyl (C=O) groups is 2. The van der Waals surface area contributed by atoms with Crippen molar-refractivity contribution in [2.24, 2.45) is 7.05 Å². The highest BCUT2D eigenvalue weighted by Crippen LogP contribution is 2.44. The first-order valence-electron chi connectivity index (χ1n) is 14.5. The first kappa shape index (κ1) is 30.2. The van der Waals surface area contributed by atoms with Crippen LogP contribution in [0, 0.1) is 19.7 Å². The second-order valence-corrected chi connectivity index (χ2v) is 12.0. The molecule has 1 atom stereocenters. The normalized spacial score (nSPS) is 13.8. The molecule has 4 aromatic rings. The molecule has 1 aliphatic rings. The van der Waals surface area contributed by atoms with Crippen LogP contribution >= 0.6 is 0 Å². The number of hydrogen-bond donors (Lipinski definition) is 2. The summed E-state index contributed by atoms with van der Waals surface area (Å²) in [6.45, 7) is 9.84. The fourth-order valence-corrected chi connectivity index (χ4v) is 5.85. The average Bonchev–Trinajstić information content (AvgIpc) is 3.29. The molecule has 0 spiro atoms. The van der Waals surface area contributed by atoms with Crippen LogP contribution in [0.1, 0.15) is 71.7 Å². The Kier molecular flexibility index (Phi) is 8.29. The van der Waals surface area contributed by atoms with Crippen molar-refractivity contribution in [3.63, 3.8) is 0 Å².